The molecule has 1 aromatic rings. The first-order valence-corrected chi connectivity index (χ1v) is 5.20. The fraction of sp³-hybridized carbons (Fsp3) is 0.417. The number of rotatable bonds is 1. The summed E-state index contributed by atoms with van der Waals surface area (Å²) in [5, 5.41) is 8.76. The Labute approximate surface area is 88.9 Å². The molecule has 1 aliphatic heterocycles. The molecule has 0 saturated carbocycles. The molecule has 2 nitrogen and oxygen atoms in total. The topological polar surface area (TPSA) is 27.0 Å². The first-order chi connectivity index (χ1) is 7.29. The van der Waals surface area contributed by atoms with Gasteiger partial charge in [0, 0.05) is 24.7 Å². The monoisotopic (exact) mass is 204 g/mol. The summed E-state index contributed by atoms with van der Waals surface area (Å²) < 4.78 is 13.0. The number of piperidine rings is 1. The first-order valence-electron chi connectivity index (χ1n) is 5.20. The molecule has 3 heteroatoms. The summed E-state index contributed by atoms with van der Waals surface area (Å²) >= 11 is 0. The second-order valence-corrected chi connectivity index (χ2v) is 3.87. The first kappa shape index (κ1) is 9.97. The summed E-state index contributed by atoms with van der Waals surface area (Å²) in [4.78, 5) is 2.14. The zero-order valence-corrected chi connectivity index (χ0v) is 8.49. The molecule has 0 unspecified atom stereocenters. The van der Waals surface area contributed by atoms with E-state index < -0.39 is 0 Å². The van der Waals surface area contributed by atoms with E-state index in [-0.39, 0.29) is 11.7 Å². The van der Waals surface area contributed by atoms with Crippen LogP contribution in [0, 0.1) is 23.1 Å². The fourth-order valence-electron chi connectivity index (χ4n) is 1.94. The number of nitriles is 1. The van der Waals surface area contributed by atoms with Crippen molar-refractivity contribution in [3.05, 3.63) is 30.1 Å². The van der Waals surface area contributed by atoms with Crippen LogP contribution in [-0.2, 0) is 0 Å². The van der Waals surface area contributed by atoms with Gasteiger partial charge in [-0.1, -0.05) is 6.07 Å². The zero-order chi connectivity index (χ0) is 10.7. The largest absolute Gasteiger partial charge is 0.371 e. The highest BCUT2D eigenvalue weighted by Gasteiger charge is 2.18. The molecule has 0 aliphatic carbocycles. The lowest BCUT2D eigenvalue weighted by Gasteiger charge is -2.31. The second kappa shape index (κ2) is 4.31. The molecule has 0 atom stereocenters. The minimum atomic E-state index is -0.199. The van der Waals surface area contributed by atoms with Gasteiger partial charge in [0.2, 0.25) is 0 Å². The van der Waals surface area contributed by atoms with E-state index in [4.69, 9.17) is 5.26 Å². The summed E-state index contributed by atoms with van der Waals surface area (Å²) in [5.74, 6) is -0.0234. The van der Waals surface area contributed by atoms with Gasteiger partial charge < -0.3 is 4.90 Å². The highest BCUT2D eigenvalue weighted by molar-refractivity contribution is 5.46. The smallest absolute Gasteiger partial charge is 0.125 e. The molecule has 0 N–H and O–H groups in total. The van der Waals surface area contributed by atoms with Crippen LogP contribution in [0.5, 0.6) is 0 Å². The lowest BCUT2D eigenvalue weighted by molar-refractivity contribution is 0.487. The highest BCUT2D eigenvalue weighted by Crippen LogP contribution is 2.23. The Bertz CT molecular complexity index is 375. The van der Waals surface area contributed by atoms with E-state index in [1.807, 2.05) is 6.07 Å². The van der Waals surface area contributed by atoms with Gasteiger partial charge in [-0.15, -0.1) is 0 Å². The van der Waals surface area contributed by atoms with Gasteiger partial charge in [0.15, 0.2) is 0 Å². The molecule has 78 valence electrons. The fourth-order valence-corrected chi connectivity index (χ4v) is 1.94. The number of anilines is 1. The quantitative estimate of drug-likeness (QED) is 0.703. The number of halogens is 1. The van der Waals surface area contributed by atoms with Gasteiger partial charge in [0.25, 0.3) is 0 Å². The number of benzene rings is 1. The average molecular weight is 204 g/mol. The Hall–Kier alpha value is -1.56. The van der Waals surface area contributed by atoms with Crippen molar-refractivity contribution in [1.82, 2.24) is 0 Å². The maximum absolute atomic E-state index is 13.0. The van der Waals surface area contributed by atoms with E-state index in [0.717, 1.165) is 31.6 Å². The van der Waals surface area contributed by atoms with Crippen LogP contribution in [0.2, 0.25) is 0 Å². The van der Waals surface area contributed by atoms with Crippen LogP contribution in [-0.4, -0.2) is 13.1 Å². The Morgan fingerprint density at radius 2 is 2.07 bits per heavy atom. The minimum Gasteiger partial charge on any atom is -0.371 e. The molecule has 0 spiro atoms. The van der Waals surface area contributed by atoms with E-state index in [0.29, 0.717) is 0 Å². The van der Waals surface area contributed by atoms with Gasteiger partial charge in [0.1, 0.15) is 5.82 Å². The standard InChI is InChI=1S/C12H13FN2/c13-11-2-1-3-12(8-11)15-6-4-10(9-14)5-7-15/h1-3,8,10H,4-7H2. The Balaban J connectivity index is 2.05. The summed E-state index contributed by atoms with van der Waals surface area (Å²) in [6, 6.07) is 8.92. The van der Waals surface area contributed by atoms with Crippen molar-refractivity contribution in [1.29, 1.82) is 5.26 Å². The van der Waals surface area contributed by atoms with E-state index in [9.17, 15) is 4.39 Å². The maximum atomic E-state index is 13.0. The summed E-state index contributed by atoms with van der Waals surface area (Å²) in [6.45, 7) is 1.70. The SMILES string of the molecule is N#CC1CCN(c2cccc(F)c2)CC1. The highest BCUT2D eigenvalue weighted by atomic mass is 19.1. The van der Waals surface area contributed by atoms with Crippen molar-refractivity contribution in [3.63, 3.8) is 0 Å². The van der Waals surface area contributed by atoms with Crippen LogP contribution in [0.1, 0.15) is 12.8 Å². The van der Waals surface area contributed by atoms with Crippen molar-refractivity contribution in [2.24, 2.45) is 5.92 Å². The van der Waals surface area contributed by atoms with E-state index >= 15 is 0 Å². The lowest BCUT2D eigenvalue weighted by atomic mass is 9.98. The van der Waals surface area contributed by atoms with Gasteiger partial charge in [-0.25, -0.2) is 4.39 Å². The zero-order valence-electron chi connectivity index (χ0n) is 8.49. The van der Waals surface area contributed by atoms with Gasteiger partial charge in [-0.3, -0.25) is 0 Å². The molecule has 0 bridgehead atoms. The van der Waals surface area contributed by atoms with E-state index in [1.165, 1.54) is 6.07 Å². The summed E-state index contributed by atoms with van der Waals surface area (Å²) in [7, 11) is 0. The van der Waals surface area contributed by atoms with Crippen LogP contribution >= 0.6 is 0 Å². The average Bonchev–Trinajstić information content (AvgIpc) is 2.29. The van der Waals surface area contributed by atoms with Gasteiger partial charge in [-0.2, -0.15) is 5.26 Å². The third-order valence-electron chi connectivity index (χ3n) is 2.85. The molecule has 1 aromatic carbocycles. The van der Waals surface area contributed by atoms with Gasteiger partial charge in [-0.05, 0) is 31.0 Å². The number of hydrogen-bond donors (Lipinski definition) is 0. The number of nitrogens with zero attached hydrogens (tertiary/aromatic N) is 2. The molecule has 0 amide bonds. The molecule has 1 heterocycles. The third kappa shape index (κ3) is 2.27. The number of hydrogen-bond acceptors (Lipinski definition) is 2. The summed E-state index contributed by atoms with van der Waals surface area (Å²) in [5.41, 5.74) is 0.923. The summed E-state index contributed by atoms with van der Waals surface area (Å²) in [6.07, 6.45) is 1.76. The predicted molar refractivity (Wildman–Crippen MR) is 57.0 cm³/mol. The van der Waals surface area contributed by atoms with E-state index in [2.05, 4.69) is 11.0 Å². The van der Waals surface area contributed by atoms with Crippen LogP contribution < -0.4 is 4.90 Å². The molecule has 1 aliphatic rings. The van der Waals surface area contributed by atoms with Crippen LogP contribution in [0.25, 0.3) is 0 Å². The van der Waals surface area contributed by atoms with Crippen LogP contribution in [0.3, 0.4) is 0 Å². The van der Waals surface area contributed by atoms with Crippen LogP contribution in [0.15, 0.2) is 24.3 Å². The molecule has 0 aromatic heterocycles. The van der Waals surface area contributed by atoms with Crippen molar-refractivity contribution >= 4 is 5.69 Å². The van der Waals surface area contributed by atoms with Crippen molar-refractivity contribution < 1.29 is 4.39 Å². The minimum absolute atomic E-state index is 0.176. The molecule has 2 rings (SSSR count). The van der Waals surface area contributed by atoms with E-state index in [1.54, 1.807) is 12.1 Å². The normalized spacial score (nSPS) is 17.5. The third-order valence-corrected chi connectivity index (χ3v) is 2.85. The Morgan fingerprint density at radius 1 is 1.33 bits per heavy atom. The van der Waals surface area contributed by atoms with Gasteiger partial charge >= 0.3 is 0 Å². The van der Waals surface area contributed by atoms with Crippen molar-refractivity contribution in [2.45, 2.75) is 12.8 Å². The second-order valence-electron chi connectivity index (χ2n) is 3.87. The lowest BCUT2D eigenvalue weighted by Crippen LogP contribution is -2.33. The Morgan fingerprint density at radius 3 is 2.67 bits per heavy atom. The molecule has 1 saturated heterocycles. The molecule has 15 heavy (non-hydrogen) atoms. The van der Waals surface area contributed by atoms with Crippen molar-refractivity contribution in [2.75, 3.05) is 18.0 Å². The molecule has 1 fully saturated rings. The maximum Gasteiger partial charge on any atom is 0.125 e. The Kier molecular flexibility index (Phi) is 2.86. The van der Waals surface area contributed by atoms with Gasteiger partial charge in [0.05, 0.1) is 6.07 Å². The molecule has 0 radical (unpaired) electrons. The molecular formula is C12H13FN2. The molecular weight excluding hydrogens is 191 g/mol. The predicted octanol–water partition coefficient (Wildman–Crippen LogP) is 2.57. The van der Waals surface area contributed by atoms with Crippen molar-refractivity contribution in [3.8, 4) is 6.07 Å². The van der Waals surface area contributed by atoms with Crippen LogP contribution in [0.4, 0.5) is 10.1 Å².